The summed E-state index contributed by atoms with van der Waals surface area (Å²) in [5.41, 5.74) is 1.23. The van der Waals surface area contributed by atoms with Crippen molar-refractivity contribution in [3.05, 3.63) is 35.9 Å². The van der Waals surface area contributed by atoms with E-state index in [0.717, 1.165) is 26.1 Å². The first-order valence-electron chi connectivity index (χ1n) is 5.98. The van der Waals surface area contributed by atoms with Gasteiger partial charge in [0.2, 0.25) is 0 Å². The number of hydrogen-bond donors (Lipinski definition) is 2. The molecule has 0 amide bonds. The van der Waals surface area contributed by atoms with Gasteiger partial charge in [0.1, 0.15) is 6.04 Å². The maximum Gasteiger partial charge on any atom is 0.322 e. The highest BCUT2D eigenvalue weighted by molar-refractivity contribution is 5.73. The van der Waals surface area contributed by atoms with E-state index >= 15 is 0 Å². The highest BCUT2D eigenvalue weighted by atomic mass is 16.4. The van der Waals surface area contributed by atoms with Crippen LogP contribution in [0.15, 0.2) is 30.3 Å². The third-order valence-corrected chi connectivity index (χ3v) is 3.03. The molecule has 0 saturated carbocycles. The molecule has 1 heterocycles. The largest absolute Gasteiger partial charge is 0.480 e. The zero-order valence-corrected chi connectivity index (χ0v) is 9.80. The van der Waals surface area contributed by atoms with Gasteiger partial charge in [-0.3, -0.25) is 9.69 Å². The van der Waals surface area contributed by atoms with Crippen molar-refractivity contribution in [3.8, 4) is 0 Å². The van der Waals surface area contributed by atoms with Crippen molar-refractivity contribution in [1.82, 2.24) is 10.2 Å². The molecule has 1 aromatic carbocycles. The molecule has 0 bridgehead atoms. The number of benzene rings is 1. The summed E-state index contributed by atoms with van der Waals surface area (Å²) in [6.45, 7) is 3.13. The van der Waals surface area contributed by atoms with Crippen LogP contribution in [0.1, 0.15) is 12.0 Å². The maximum atomic E-state index is 11.0. The maximum absolute atomic E-state index is 11.0. The summed E-state index contributed by atoms with van der Waals surface area (Å²) in [5.74, 6) is -0.759. The van der Waals surface area contributed by atoms with Crippen molar-refractivity contribution in [2.75, 3.05) is 19.6 Å². The van der Waals surface area contributed by atoms with Gasteiger partial charge in [0.05, 0.1) is 0 Å². The van der Waals surface area contributed by atoms with Crippen LogP contribution >= 0.6 is 0 Å². The summed E-state index contributed by atoms with van der Waals surface area (Å²) < 4.78 is 0. The van der Waals surface area contributed by atoms with Crippen LogP contribution < -0.4 is 5.32 Å². The Kier molecular flexibility index (Phi) is 4.12. The molecule has 2 rings (SSSR count). The Bertz CT molecular complexity index is 367. The van der Waals surface area contributed by atoms with E-state index in [2.05, 4.69) is 22.3 Å². The van der Waals surface area contributed by atoms with E-state index in [4.69, 9.17) is 5.11 Å². The number of nitrogens with zero attached hydrogens (tertiary/aromatic N) is 1. The van der Waals surface area contributed by atoms with Gasteiger partial charge >= 0.3 is 5.97 Å². The molecule has 1 fully saturated rings. The van der Waals surface area contributed by atoms with Crippen LogP contribution in [0.5, 0.6) is 0 Å². The van der Waals surface area contributed by atoms with Gasteiger partial charge in [-0.2, -0.15) is 0 Å². The van der Waals surface area contributed by atoms with Gasteiger partial charge < -0.3 is 10.4 Å². The molecular weight excluding hydrogens is 216 g/mol. The first-order chi connectivity index (χ1) is 8.25. The third-order valence-electron chi connectivity index (χ3n) is 3.03. The van der Waals surface area contributed by atoms with Gasteiger partial charge in [-0.05, 0) is 25.1 Å². The molecule has 1 aromatic rings. The fourth-order valence-corrected chi connectivity index (χ4v) is 2.14. The lowest BCUT2D eigenvalue weighted by molar-refractivity contribution is -0.139. The minimum atomic E-state index is -0.759. The van der Waals surface area contributed by atoms with Crippen LogP contribution in [0, 0.1) is 0 Å². The average molecular weight is 234 g/mol. The van der Waals surface area contributed by atoms with Gasteiger partial charge in [-0.1, -0.05) is 30.3 Å². The second-order valence-electron chi connectivity index (χ2n) is 4.42. The Balaban J connectivity index is 1.97. The Hall–Kier alpha value is -1.39. The van der Waals surface area contributed by atoms with Gasteiger partial charge in [-0.15, -0.1) is 0 Å². The first kappa shape index (κ1) is 12.1. The van der Waals surface area contributed by atoms with E-state index in [1.165, 1.54) is 5.56 Å². The van der Waals surface area contributed by atoms with E-state index in [1.54, 1.807) is 0 Å². The fourth-order valence-electron chi connectivity index (χ4n) is 2.14. The summed E-state index contributed by atoms with van der Waals surface area (Å²) in [4.78, 5) is 13.2. The summed E-state index contributed by atoms with van der Waals surface area (Å²) in [5, 5.41) is 12.1. The van der Waals surface area contributed by atoms with Gasteiger partial charge in [0, 0.05) is 13.1 Å². The number of nitrogens with one attached hydrogen (secondary N) is 1. The molecule has 1 unspecified atom stereocenters. The molecule has 0 aromatic heterocycles. The quantitative estimate of drug-likeness (QED) is 0.817. The molecule has 1 saturated heterocycles. The van der Waals surface area contributed by atoms with Gasteiger partial charge in [-0.25, -0.2) is 0 Å². The highest BCUT2D eigenvalue weighted by Gasteiger charge is 2.22. The second kappa shape index (κ2) is 5.80. The Morgan fingerprint density at radius 3 is 2.88 bits per heavy atom. The molecule has 1 atom stereocenters. The number of aliphatic carboxylic acids is 1. The Morgan fingerprint density at radius 1 is 1.41 bits per heavy atom. The van der Waals surface area contributed by atoms with E-state index in [0.29, 0.717) is 6.54 Å². The SMILES string of the molecule is O=C(O)C1CN(Cc2ccccc2)CCCN1. The zero-order valence-electron chi connectivity index (χ0n) is 9.80. The summed E-state index contributed by atoms with van der Waals surface area (Å²) in [7, 11) is 0. The zero-order chi connectivity index (χ0) is 12.1. The van der Waals surface area contributed by atoms with Gasteiger partial charge in [0.15, 0.2) is 0 Å². The lowest BCUT2D eigenvalue weighted by Crippen LogP contribution is -2.43. The fraction of sp³-hybridized carbons (Fsp3) is 0.462. The molecule has 0 spiro atoms. The Labute approximate surface area is 101 Å². The number of carboxylic acids is 1. The van der Waals surface area contributed by atoms with Gasteiger partial charge in [0.25, 0.3) is 0 Å². The minimum absolute atomic E-state index is 0.443. The second-order valence-corrected chi connectivity index (χ2v) is 4.42. The standard InChI is InChI=1S/C13H18N2O2/c16-13(17)12-10-15(8-4-7-14-12)9-11-5-2-1-3-6-11/h1-3,5-6,12,14H,4,7-10H2,(H,16,17). The van der Waals surface area contributed by atoms with Crippen molar-refractivity contribution in [1.29, 1.82) is 0 Å². The lowest BCUT2D eigenvalue weighted by Gasteiger charge is -2.22. The number of rotatable bonds is 3. The molecule has 17 heavy (non-hydrogen) atoms. The number of hydrogen-bond acceptors (Lipinski definition) is 3. The lowest BCUT2D eigenvalue weighted by atomic mass is 10.2. The molecule has 92 valence electrons. The Morgan fingerprint density at radius 2 is 2.18 bits per heavy atom. The van der Waals surface area contributed by atoms with E-state index < -0.39 is 12.0 Å². The normalized spacial score (nSPS) is 22.0. The predicted molar refractivity (Wildman–Crippen MR) is 65.8 cm³/mol. The van der Waals surface area contributed by atoms with Crippen molar-refractivity contribution in [2.24, 2.45) is 0 Å². The topological polar surface area (TPSA) is 52.6 Å². The van der Waals surface area contributed by atoms with E-state index in [1.807, 2.05) is 18.2 Å². The van der Waals surface area contributed by atoms with Crippen LogP contribution in [0.25, 0.3) is 0 Å². The molecule has 4 nitrogen and oxygen atoms in total. The minimum Gasteiger partial charge on any atom is -0.480 e. The van der Waals surface area contributed by atoms with Crippen molar-refractivity contribution >= 4 is 5.97 Å². The number of carboxylic acid groups (broad SMARTS) is 1. The summed E-state index contributed by atoms with van der Waals surface area (Å²) >= 11 is 0. The smallest absolute Gasteiger partial charge is 0.322 e. The highest BCUT2D eigenvalue weighted by Crippen LogP contribution is 2.08. The van der Waals surface area contributed by atoms with Crippen LogP contribution in [-0.2, 0) is 11.3 Å². The molecule has 0 radical (unpaired) electrons. The average Bonchev–Trinajstić information content (AvgIpc) is 2.56. The van der Waals surface area contributed by atoms with E-state index in [-0.39, 0.29) is 0 Å². The third kappa shape index (κ3) is 3.54. The van der Waals surface area contributed by atoms with Crippen LogP contribution in [0.4, 0.5) is 0 Å². The molecule has 1 aliphatic heterocycles. The number of carbonyl (C=O) groups is 1. The summed E-state index contributed by atoms with van der Waals surface area (Å²) in [6.07, 6.45) is 0.997. The first-order valence-corrected chi connectivity index (χ1v) is 5.98. The molecule has 4 heteroatoms. The monoisotopic (exact) mass is 234 g/mol. The van der Waals surface area contributed by atoms with Crippen LogP contribution in [0.3, 0.4) is 0 Å². The molecule has 0 aliphatic carbocycles. The molecule has 2 N–H and O–H groups in total. The van der Waals surface area contributed by atoms with Crippen LogP contribution in [-0.4, -0.2) is 41.7 Å². The van der Waals surface area contributed by atoms with Crippen molar-refractivity contribution in [2.45, 2.75) is 19.0 Å². The predicted octanol–water partition coefficient (Wildman–Crippen LogP) is 0.935. The van der Waals surface area contributed by atoms with Crippen LogP contribution in [0.2, 0.25) is 0 Å². The van der Waals surface area contributed by atoms with Crippen molar-refractivity contribution < 1.29 is 9.90 Å². The van der Waals surface area contributed by atoms with Crippen molar-refractivity contribution in [3.63, 3.8) is 0 Å². The van der Waals surface area contributed by atoms with E-state index in [9.17, 15) is 4.79 Å². The summed E-state index contributed by atoms with van der Waals surface area (Å²) in [6, 6.07) is 9.73. The molecule has 1 aliphatic rings. The molecular formula is C13H18N2O2.